The molecule has 122 valence electrons. The molecule has 25 heavy (non-hydrogen) atoms. The second-order valence-electron chi connectivity index (χ2n) is 5.60. The third-order valence-corrected chi connectivity index (χ3v) is 5.39. The van der Waals surface area contributed by atoms with Crippen LogP contribution in [0, 0.1) is 0 Å². The summed E-state index contributed by atoms with van der Waals surface area (Å²) in [5, 5.41) is 3.54. The van der Waals surface area contributed by atoms with Gasteiger partial charge in [-0.15, -0.1) is 0 Å². The predicted octanol–water partition coefficient (Wildman–Crippen LogP) is 7.36. The maximum Gasteiger partial charge on any atom is 0.109 e. The van der Waals surface area contributed by atoms with Crippen LogP contribution in [0.1, 0.15) is 0 Å². The Balaban J connectivity index is 1.86. The Morgan fingerprint density at radius 2 is 1.36 bits per heavy atom. The van der Waals surface area contributed by atoms with E-state index in [1.165, 1.54) is 0 Å². The molecule has 0 amide bonds. The number of benzene rings is 3. The lowest BCUT2D eigenvalue weighted by molar-refractivity contribution is 1.19. The normalized spacial score (nSPS) is 11.0. The summed E-state index contributed by atoms with van der Waals surface area (Å²) in [6, 6.07) is 26.0. The fourth-order valence-corrected chi connectivity index (χ4v) is 3.80. The highest BCUT2D eigenvalue weighted by Gasteiger charge is 2.11. The standard InChI is InChI=1S/C21H13Cl2NS/c22-16-7-5-14(6-8-16)19-13-15-3-1-2-4-20(15)24-21(19)25-18-11-9-17(23)10-12-18/h1-13H. The first-order valence-corrected chi connectivity index (χ1v) is 9.35. The molecule has 0 spiro atoms. The van der Waals surface area contributed by atoms with Gasteiger partial charge in [-0.25, -0.2) is 4.98 Å². The fourth-order valence-electron chi connectivity index (χ4n) is 2.63. The molecular weight excluding hydrogens is 369 g/mol. The maximum absolute atomic E-state index is 6.05. The van der Waals surface area contributed by atoms with Crippen molar-refractivity contribution in [2.24, 2.45) is 0 Å². The van der Waals surface area contributed by atoms with Gasteiger partial charge in [0.1, 0.15) is 5.03 Å². The summed E-state index contributed by atoms with van der Waals surface area (Å²) in [6.07, 6.45) is 0. The number of rotatable bonds is 3. The Morgan fingerprint density at radius 3 is 2.08 bits per heavy atom. The molecule has 0 aliphatic carbocycles. The minimum atomic E-state index is 0.726. The Morgan fingerprint density at radius 1 is 0.720 bits per heavy atom. The van der Waals surface area contributed by atoms with Gasteiger partial charge < -0.3 is 0 Å². The monoisotopic (exact) mass is 381 g/mol. The van der Waals surface area contributed by atoms with E-state index in [0.717, 1.165) is 42.0 Å². The Bertz CT molecular complexity index is 1030. The topological polar surface area (TPSA) is 12.9 Å². The molecule has 0 N–H and O–H groups in total. The van der Waals surface area contributed by atoms with Gasteiger partial charge in [0.15, 0.2) is 0 Å². The second kappa shape index (κ2) is 7.09. The van der Waals surface area contributed by atoms with E-state index < -0.39 is 0 Å². The SMILES string of the molecule is Clc1ccc(Sc2nc3ccccc3cc2-c2ccc(Cl)cc2)cc1. The molecule has 4 heteroatoms. The fraction of sp³-hybridized carbons (Fsp3) is 0. The van der Waals surface area contributed by atoms with Crippen LogP contribution in [-0.2, 0) is 0 Å². The molecule has 0 saturated heterocycles. The van der Waals surface area contributed by atoms with E-state index >= 15 is 0 Å². The van der Waals surface area contributed by atoms with E-state index in [1.807, 2.05) is 66.7 Å². The van der Waals surface area contributed by atoms with Gasteiger partial charge in [0.05, 0.1) is 5.52 Å². The highest BCUT2D eigenvalue weighted by atomic mass is 35.5. The highest BCUT2D eigenvalue weighted by molar-refractivity contribution is 7.99. The largest absolute Gasteiger partial charge is 0.240 e. The highest BCUT2D eigenvalue weighted by Crippen LogP contribution is 2.37. The van der Waals surface area contributed by atoms with Gasteiger partial charge in [-0.1, -0.05) is 65.3 Å². The van der Waals surface area contributed by atoms with Gasteiger partial charge in [0.2, 0.25) is 0 Å². The van der Waals surface area contributed by atoms with Crippen molar-refractivity contribution in [3.8, 4) is 11.1 Å². The number of halogens is 2. The zero-order valence-electron chi connectivity index (χ0n) is 13.1. The first kappa shape index (κ1) is 16.5. The van der Waals surface area contributed by atoms with Gasteiger partial charge in [-0.3, -0.25) is 0 Å². The second-order valence-corrected chi connectivity index (χ2v) is 7.53. The van der Waals surface area contributed by atoms with Crippen molar-refractivity contribution in [3.05, 3.63) is 88.9 Å². The van der Waals surface area contributed by atoms with Crippen LogP contribution in [-0.4, -0.2) is 4.98 Å². The molecule has 3 aromatic carbocycles. The summed E-state index contributed by atoms with van der Waals surface area (Å²) in [5.74, 6) is 0. The number of aromatic nitrogens is 1. The van der Waals surface area contributed by atoms with Gasteiger partial charge in [-0.05, 0) is 54.1 Å². The van der Waals surface area contributed by atoms with Crippen molar-refractivity contribution >= 4 is 45.9 Å². The summed E-state index contributed by atoms with van der Waals surface area (Å²) in [4.78, 5) is 5.99. The molecule has 0 bridgehead atoms. The van der Waals surface area contributed by atoms with Crippen LogP contribution in [0.2, 0.25) is 10.0 Å². The van der Waals surface area contributed by atoms with E-state index in [0.29, 0.717) is 0 Å². The van der Waals surface area contributed by atoms with Gasteiger partial charge >= 0.3 is 0 Å². The molecule has 0 radical (unpaired) electrons. The molecule has 1 nitrogen and oxygen atoms in total. The van der Waals surface area contributed by atoms with Crippen LogP contribution >= 0.6 is 35.0 Å². The molecule has 4 aromatic rings. The van der Waals surface area contributed by atoms with Gasteiger partial charge in [0.25, 0.3) is 0 Å². The maximum atomic E-state index is 6.05. The first-order chi connectivity index (χ1) is 12.2. The third-order valence-electron chi connectivity index (χ3n) is 3.87. The molecule has 0 saturated carbocycles. The van der Waals surface area contributed by atoms with Crippen LogP contribution in [0.3, 0.4) is 0 Å². The van der Waals surface area contributed by atoms with Crippen molar-refractivity contribution < 1.29 is 0 Å². The van der Waals surface area contributed by atoms with Crippen LogP contribution in [0.4, 0.5) is 0 Å². The van der Waals surface area contributed by atoms with Crippen molar-refractivity contribution in [2.45, 2.75) is 9.92 Å². The number of hydrogen-bond acceptors (Lipinski definition) is 2. The average molecular weight is 382 g/mol. The van der Waals surface area contributed by atoms with Crippen molar-refractivity contribution in [1.29, 1.82) is 0 Å². The minimum Gasteiger partial charge on any atom is -0.240 e. The molecule has 1 aromatic heterocycles. The van der Waals surface area contributed by atoms with Crippen LogP contribution in [0.5, 0.6) is 0 Å². The van der Waals surface area contributed by atoms with E-state index in [2.05, 4.69) is 12.1 Å². The zero-order chi connectivity index (χ0) is 17.2. The Hall–Kier alpha value is -2.00. The van der Waals surface area contributed by atoms with E-state index in [1.54, 1.807) is 11.8 Å². The number of nitrogens with zero attached hydrogens (tertiary/aromatic N) is 1. The van der Waals surface area contributed by atoms with Gasteiger partial charge in [0, 0.05) is 25.9 Å². The number of hydrogen-bond donors (Lipinski definition) is 0. The van der Waals surface area contributed by atoms with Crippen LogP contribution < -0.4 is 0 Å². The smallest absolute Gasteiger partial charge is 0.109 e. The van der Waals surface area contributed by atoms with E-state index in [9.17, 15) is 0 Å². The lowest BCUT2D eigenvalue weighted by Crippen LogP contribution is -1.89. The summed E-state index contributed by atoms with van der Waals surface area (Å²) in [6.45, 7) is 0. The van der Waals surface area contributed by atoms with E-state index in [-0.39, 0.29) is 0 Å². The Kier molecular flexibility index (Phi) is 4.67. The molecule has 0 atom stereocenters. The number of pyridine rings is 1. The summed E-state index contributed by atoms with van der Waals surface area (Å²) >= 11 is 13.7. The zero-order valence-corrected chi connectivity index (χ0v) is 15.4. The van der Waals surface area contributed by atoms with Crippen molar-refractivity contribution in [2.75, 3.05) is 0 Å². The van der Waals surface area contributed by atoms with E-state index in [4.69, 9.17) is 28.2 Å². The molecule has 0 aliphatic rings. The first-order valence-electron chi connectivity index (χ1n) is 7.78. The van der Waals surface area contributed by atoms with Crippen LogP contribution in [0.15, 0.2) is 88.8 Å². The van der Waals surface area contributed by atoms with Crippen molar-refractivity contribution in [3.63, 3.8) is 0 Å². The van der Waals surface area contributed by atoms with Crippen LogP contribution in [0.25, 0.3) is 22.0 Å². The number of para-hydroxylation sites is 1. The minimum absolute atomic E-state index is 0.726. The molecule has 0 unspecified atom stereocenters. The molecule has 0 aliphatic heterocycles. The number of fused-ring (bicyclic) bond motifs is 1. The molecule has 1 heterocycles. The summed E-state index contributed by atoms with van der Waals surface area (Å²) in [5.41, 5.74) is 3.17. The Labute approximate surface area is 160 Å². The molecule has 0 fully saturated rings. The average Bonchev–Trinajstić information content (AvgIpc) is 2.64. The third kappa shape index (κ3) is 3.67. The predicted molar refractivity (Wildman–Crippen MR) is 108 cm³/mol. The summed E-state index contributed by atoms with van der Waals surface area (Å²) < 4.78 is 0. The molecular formula is C21H13Cl2NS. The lowest BCUT2D eigenvalue weighted by Gasteiger charge is -2.11. The van der Waals surface area contributed by atoms with Crippen molar-refractivity contribution in [1.82, 2.24) is 4.98 Å². The van der Waals surface area contributed by atoms with Gasteiger partial charge in [-0.2, -0.15) is 0 Å². The lowest BCUT2D eigenvalue weighted by atomic mass is 10.1. The summed E-state index contributed by atoms with van der Waals surface area (Å²) in [7, 11) is 0. The quantitative estimate of drug-likeness (QED) is 0.367. The molecule has 4 rings (SSSR count).